The predicted molar refractivity (Wildman–Crippen MR) is 83.0 cm³/mol. The molecular weight excluding hydrogens is 284 g/mol. The first-order valence-corrected chi connectivity index (χ1v) is 7.34. The highest BCUT2D eigenvalue weighted by molar-refractivity contribution is 6.41. The Hall–Kier alpha value is -2.05. The zero-order valence-corrected chi connectivity index (χ0v) is 12.4. The van der Waals surface area contributed by atoms with Gasteiger partial charge in [0.25, 0.3) is 0 Å². The van der Waals surface area contributed by atoms with Gasteiger partial charge in [-0.15, -0.1) is 0 Å². The summed E-state index contributed by atoms with van der Waals surface area (Å²) in [5, 5.41) is 4.03. The number of hydrazone groups is 1. The van der Waals surface area contributed by atoms with Gasteiger partial charge in [0.1, 0.15) is 11.5 Å². The van der Waals surface area contributed by atoms with Crippen LogP contribution in [0.15, 0.2) is 35.4 Å². The van der Waals surface area contributed by atoms with Crippen molar-refractivity contribution >= 4 is 23.0 Å². The van der Waals surface area contributed by atoms with Gasteiger partial charge in [-0.2, -0.15) is 5.10 Å². The molecule has 1 aromatic carbocycles. The third kappa shape index (κ3) is 5.75. The molecule has 0 aliphatic carbocycles. The van der Waals surface area contributed by atoms with Crippen LogP contribution in [0.25, 0.3) is 0 Å². The van der Waals surface area contributed by atoms with Gasteiger partial charge in [0.05, 0.1) is 32.1 Å². The number of rotatable bonds is 2. The molecule has 2 saturated heterocycles. The second kappa shape index (κ2) is 9.07. The summed E-state index contributed by atoms with van der Waals surface area (Å²) >= 11 is 0. The van der Waals surface area contributed by atoms with E-state index in [1.165, 1.54) is 0 Å². The normalized spacial score (nSPS) is 20.3. The number of hydrogen-bond donors (Lipinski definition) is 1. The van der Waals surface area contributed by atoms with E-state index in [9.17, 15) is 9.59 Å². The average molecular weight is 304 g/mol. The number of carbonyl (C=O) groups excluding carboxylic acids is 2. The van der Waals surface area contributed by atoms with Gasteiger partial charge < -0.3 is 9.47 Å². The van der Waals surface area contributed by atoms with Crippen molar-refractivity contribution in [3.63, 3.8) is 0 Å². The van der Waals surface area contributed by atoms with Crippen molar-refractivity contribution in [1.29, 1.82) is 0 Å². The van der Waals surface area contributed by atoms with Gasteiger partial charge in [-0.3, -0.25) is 15.0 Å². The molecule has 0 unspecified atom stereocenters. The van der Waals surface area contributed by atoms with Crippen LogP contribution in [0, 0.1) is 0 Å². The van der Waals surface area contributed by atoms with Crippen molar-refractivity contribution in [3.05, 3.63) is 30.3 Å². The molecule has 0 radical (unpaired) electrons. The Morgan fingerprint density at radius 2 is 1.59 bits per heavy atom. The van der Waals surface area contributed by atoms with Crippen LogP contribution < -0.4 is 5.43 Å². The summed E-state index contributed by atoms with van der Waals surface area (Å²) in [5.41, 5.74) is 4.16. The van der Waals surface area contributed by atoms with Gasteiger partial charge in [-0.1, -0.05) is 18.2 Å². The number of nitrogens with one attached hydrogen (secondary N) is 1. The Morgan fingerprint density at radius 3 is 2.18 bits per heavy atom. The van der Waals surface area contributed by atoms with Crippen molar-refractivity contribution in [2.24, 2.45) is 5.10 Å². The molecule has 22 heavy (non-hydrogen) atoms. The number of nitrogens with zero attached hydrogens (tertiary/aromatic N) is 1. The van der Waals surface area contributed by atoms with E-state index in [0.29, 0.717) is 57.2 Å². The number of ketones is 2. The Balaban J connectivity index is 0.000000211. The number of ether oxygens (including phenoxy) is 2. The molecule has 2 aliphatic rings. The van der Waals surface area contributed by atoms with E-state index in [1.54, 1.807) is 0 Å². The van der Waals surface area contributed by atoms with E-state index in [2.05, 4.69) is 10.5 Å². The van der Waals surface area contributed by atoms with Crippen LogP contribution in [0.5, 0.6) is 0 Å². The summed E-state index contributed by atoms with van der Waals surface area (Å²) in [6.45, 7) is 2.08. The summed E-state index contributed by atoms with van der Waals surface area (Å²) < 4.78 is 10.1. The first-order chi connectivity index (χ1) is 10.8. The van der Waals surface area contributed by atoms with Crippen molar-refractivity contribution in [2.45, 2.75) is 19.3 Å². The van der Waals surface area contributed by atoms with E-state index < -0.39 is 0 Å². The molecule has 0 amide bonds. The van der Waals surface area contributed by atoms with Gasteiger partial charge >= 0.3 is 0 Å². The van der Waals surface area contributed by atoms with Crippen molar-refractivity contribution in [3.8, 4) is 0 Å². The number of carbonyl (C=O) groups is 2. The van der Waals surface area contributed by atoms with E-state index in [1.807, 2.05) is 30.3 Å². The monoisotopic (exact) mass is 304 g/mol. The zero-order chi connectivity index (χ0) is 15.6. The molecule has 0 saturated carbocycles. The minimum Gasteiger partial charge on any atom is -0.381 e. The van der Waals surface area contributed by atoms with E-state index in [4.69, 9.17) is 9.47 Å². The first-order valence-electron chi connectivity index (χ1n) is 7.34. The van der Waals surface area contributed by atoms with Crippen LogP contribution >= 0.6 is 0 Å². The SMILES string of the molecule is O=C1CCOC/C1=N\Nc1ccccc1.O=C1CCOCC1. The third-order valence-corrected chi connectivity index (χ3v) is 3.18. The molecule has 3 rings (SSSR count). The van der Waals surface area contributed by atoms with Gasteiger partial charge in [0, 0.05) is 19.3 Å². The lowest BCUT2D eigenvalue weighted by atomic mass is 10.2. The maximum Gasteiger partial charge on any atom is 0.183 e. The van der Waals surface area contributed by atoms with Crippen molar-refractivity contribution < 1.29 is 19.1 Å². The lowest BCUT2D eigenvalue weighted by molar-refractivity contribution is -0.124. The number of anilines is 1. The summed E-state index contributed by atoms with van der Waals surface area (Å²) in [5.74, 6) is 0.399. The molecule has 6 nitrogen and oxygen atoms in total. The molecule has 1 aromatic rings. The molecule has 1 N–H and O–H groups in total. The Kier molecular flexibility index (Phi) is 6.73. The predicted octanol–water partition coefficient (Wildman–Crippen LogP) is 1.81. The topological polar surface area (TPSA) is 77.0 Å². The fraction of sp³-hybridized carbons (Fsp3) is 0.438. The van der Waals surface area contributed by atoms with Crippen LogP contribution in [0.3, 0.4) is 0 Å². The number of benzene rings is 1. The van der Waals surface area contributed by atoms with E-state index in [-0.39, 0.29) is 5.78 Å². The third-order valence-electron chi connectivity index (χ3n) is 3.18. The molecule has 2 heterocycles. The molecule has 6 heteroatoms. The highest BCUT2D eigenvalue weighted by Crippen LogP contribution is 2.06. The fourth-order valence-corrected chi connectivity index (χ4v) is 1.90. The zero-order valence-electron chi connectivity index (χ0n) is 12.4. The average Bonchev–Trinajstić information content (AvgIpc) is 2.56. The smallest absolute Gasteiger partial charge is 0.183 e. The highest BCUT2D eigenvalue weighted by atomic mass is 16.5. The minimum absolute atomic E-state index is 0.0599. The quantitative estimate of drug-likeness (QED) is 0.843. The Bertz CT molecular complexity index is 520. The summed E-state index contributed by atoms with van der Waals surface area (Å²) in [6, 6.07) is 9.51. The van der Waals surface area contributed by atoms with Gasteiger partial charge in [0.15, 0.2) is 5.78 Å². The maximum atomic E-state index is 11.4. The van der Waals surface area contributed by atoms with Crippen LogP contribution in [-0.4, -0.2) is 43.7 Å². The summed E-state index contributed by atoms with van der Waals surface area (Å²) in [4.78, 5) is 21.7. The molecular formula is C16H20N2O4. The molecule has 0 spiro atoms. The largest absolute Gasteiger partial charge is 0.381 e. The Labute approximate surface area is 129 Å². The minimum atomic E-state index is 0.0599. The second-order valence-corrected chi connectivity index (χ2v) is 4.91. The lowest BCUT2D eigenvalue weighted by Gasteiger charge is -2.12. The van der Waals surface area contributed by atoms with Crippen LogP contribution in [-0.2, 0) is 19.1 Å². The molecule has 2 aliphatic heterocycles. The van der Waals surface area contributed by atoms with Crippen LogP contribution in [0.1, 0.15) is 19.3 Å². The molecule has 0 bridgehead atoms. The fourth-order valence-electron chi connectivity index (χ4n) is 1.90. The second-order valence-electron chi connectivity index (χ2n) is 4.91. The summed E-state index contributed by atoms with van der Waals surface area (Å²) in [6.07, 6.45) is 1.68. The number of Topliss-reactive ketones (excluding diaryl/α,β-unsaturated/α-hetero) is 2. The number of hydrogen-bond acceptors (Lipinski definition) is 6. The summed E-state index contributed by atoms with van der Waals surface area (Å²) in [7, 11) is 0. The van der Waals surface area contributed by atoms with Crippen molar-refractivity contribution in [1.82, 2.24) is 0 Å². The molecule has 2 fully saturated rings. The number of para-hydroxylation sites is 1. The molecule has 0 aromatic heterocycles. The van der Waals surface area contributed by atoms with Gasteiger partial charge in [-0.05, 0) is 12.1 Å². The lowest BCUT2D eigenvalue weighted by Crippen LogP contribution is -2.28. The van der Waals surface area contributed by atoms with E-state index in [0.717, 1.165) is 5.69 Å². The van der Waals surface area contributed by atoms with Gasteiger partial charge in [-0.25, -0.2) is 0 Å². The first kappa shape index (κ1) is 16.3. The molecule has 118 valence electrons. The van der Waals surface area contributed by atoms with Crippen LogP contribution in [0.4, 0.5) is 5.69 Å². The van der Waals surface area contributed by atoms with Crippen molar-refractivity contribution in [2.75, 3.05) is 31.9 Å². The standard InChI is InChI=1S/C11H12N2O2.C5H8O2/c14-11-6-7-15-8-10(11)13-12-9-4-2-1-3-5-9;6-5-1-3-7-4-2-5/h1-5,12H,6-8H2;1-4H2/b13-10+;. The van der Waals surface area contributed by atoms with Crippen LogP contribution in [0.2, 0.25) is 0 Å². The maximum absolute atomic E-state index is 11.4. The Morgan fingerprint density at radius 1 is 0.909 bits per heavy atom. The molecule has 0 atom stereocenters. The van der Waals surface area contributed by atoms with Gasteiger partial charge in [0.2, 0.25) is 0 Å². The van der Waals surface area contributed by atoms with E-state index >= 15 is 0 Å². The highest BCUT2D eigenvalue weighted by Gasteiger charge is 2.16.